The number of nitrogens with zero attached hydrogens (tertiary/aromatic N) is 1. The van der Waals surface area contributed by atoms with Crippen molar-refractivity contribution in [1.29, 1.82) is 0 Å². The second kappa shape index (κ2) is 14.0. The number of fused-ring (bicyclic) bond motifs is 1. The molecule has 10 heteroatoms. The lowest BCUT2D eigenvalue weighted by atomic mass is 10.1. The standard InChI is InChI=1S/C30H34FN3O5S/c31-26-11-13-27(14-12-26)40(37,38)18-16-33-30(36)24-9-10-25-21-34(20-23-7-3-1-4-8-23)22-29(35)32-15-5-2-6-17-39-28(25)19-24/h1,3-4,7-14,19H,2,5-6,15-18,20-22H2,(H,32,35)(H,33,36). The van der Waals surface area contributed by atoms with E-state index < -0.39 is 21.6 Å². The predicted molar refractivity (Wildman–Crippen MR) is 150 cm³/mol. The summed E-state index contributed by atoms with van der Waals surface area (Å²) in [5, 5.41) is 5.65. The van der Waals surface area contributed by atoms with E-state index in [4.69, 9.17) is 4.74 Å². The van der Waals surface area contributed by atoms with Gasteiger partial charge in [-0.3, -0.25) is 14.5 Å². The van der Waals surface area contributed by atoms with Crippen LogP contribution in [0.15, 0.2) is 77.7 Å². The molecule has 4 rings (SSSR count). The molecule has 212 valence electrons. The van der Waals surface area contributed by atoms with Crippen LogP contribution in [-0.4, -0.2) is 57.1 Å². The first-order chi connectivity index (χ1) is 19.3. The molecule has 0 atom stereocenters. The fraction of sp³-hybridized carbons (Fsp3) is 0.333. The lowest BCUT2D eigenvalue weighted by Crippen LogP contribution is -2.37. The summed E-state index contributed by atoms with van der Waals surface area (Å²) >= 11 is 0. The lowest BCUT2D eigenvalue weighted by Gasteiger charge is -2.23. The minimum absolute atomic E-state index is 0.000820. The van der Waals surface area contributed by atoms with Crippen molar-refractivity contribution in [1.82, 2.24) is 15.5 Å². The van der Waals surface area contributed by atoms with Gasteiger partial charge in [0.05, 0.1) is 23.8 Å². The van der Waals surface area contributed by atoms with Crippen LogP contribution in [0.25, 0.3) is 0 Å². The van der Waals surface area contributed by atoms with Crippen molar-refractivity contribution in [3.63, 3.8) is 0 Å². The first-order valence-electron chi connectivity index (χ1n) is 13.4. The third kappa shape index (κ3) is 8.62. The Morgan fingerprint density at radius 2 is 1.75 bits per heavy atom. The summed E-state index contributed by atoms with van der Waals surface area (Å²) in [6, 6.07) is 19.6. The molecule has 3 aromatic carbocycles. The number of carbonyl (C=O) groups excluding carboxylic acids is 2. The average Bonchev–Trinajstić information content (AvgIpc) is 2.95. The molecule has 0 saturated heterocycles. The summed E-state index contributed by atoms with van der Waals surface area (Å²) in [4.78, 5) is 27.5. The van der Waals surface area contributed by atoms with Crippen molar-refractivity contribution in [3.8, 4) is 5.75 Å². The molecular weight excluding hydrogens is 533 g/mol. The van der Waals surface area contributed by atoms with E-state index >= 15 is 0 Å². The predicted octanol–water partition coefficient (Wildman–Crippen LogP) is 3.71. The molecule has 0 bridgehead atoms. The van der Waals surface area contributed by atoms with Crippen molar-refractivity contribution in [2.45, 2.75) is 37.2 Å². The molecule has 0 aliphatic carbocycles. The van der Waals surface area contributed by atoms with E-state index in [1.165, 1.54) is 12.1 Å². The van der Waals surface area contributed by atoms with Crippen molar-refractivity contribution in [3.05, 3.63) is 95.3 Å². The van der Waals surface area contributed by atoms with Gasteiger partial charge < -0.3 is 15.4 Å². The Kier molecular flexibility index (Phi) is 10.3. The number of benzene rings is 3. The Hall–Kier alpha value is -3.76. The zero-order valence-corrected chi connectivity index (χ0v) is 23.1. The molecule has 1 heterocycles. The van der Waals surface area contributed by atoms with Gasteiger partial charge in [0.1, 0.15) is 11.6 Å². The van der Waals surface area contributed by atoms with Gasteiger partial charge in [-0.1, -0.05) is 36.4 Å². The number of ether oxygens (including phenoxy) is 1. The first-order valence-corrected chi connectivity index (χ1v) is 15.0. The number of carbonyl (C=O) groups is 2. The molecule has 40 heavy (non-hydrogen) atoms. The first kappa shape index (κ1) is 29.2. The Balaban J connectivity index is 1.47. The van der Waals surface area contributed by atoms with E-state index in [0.717, 1.165) is 42.5 Å². The van der Waals surface area contributed by atoms with Crippen LogP contribution >= 0.6 is 0 Å². The zero-order chi connectivity index (χ0) is 28.4. The SMILES string of the molecule is O=C1CN(Cc2ccccc2)Cc2ccc(C(=O)NCCS(=O)(=O)c3ccc(F)cc3)cc2OCCCCCN1. The number of halogens is 1. The summed E-state index contributed by atoms with van der Waals surface area (Å²) in [6.45, 7) is 2.22. The second-order valence-electron chi connectivity index (χ2n) is 9.74. The summed E-state index contributed by atoms with van der Waals surface area (Å²) in [5.74, 6) is -0.743. The summed E-state index contributed by atoms with van der Waals surface area (Å²) < 4.78 is 44.3. The van der Waals surface area contributed by atoms with E-state index in [1.807, 2.05) is 41.3 Å². The average molecular weight is 568 g/mol. The molecule has 0 saturated carbocycles. The Labute approximate surface area is 234 Å². The maximum absolute atomic E-state index is 13.1. The number of amides is 2. The fourth-order valence-electron chi connectivity index (χ4n) is 4.44. The molecule has 0 aromatic heterocycles. The van der Waals surface area contributed by atoms with Crippen LogP contribution in [0.5, 0.6) is 5.75 Å². The number of hydrogen-bond acceptors (Lipinski definition) is 6. The van der Waals surface area contributed by atoms with Gasteiger partial charge in [-0.15, -0.1) is 0 Å². The van der Waals surface area contributed by atoms with Gasteiger partial charge in [0, 0.05) is 37.3 Å². The van der Waals surface area contributed by atoms with Crippen molar-refractivity contribution < 1.29 is 27.1 Å². The molecule has 1 aliphatic rings. The Bertz CT molecular complexity index is 1400. The van der Waals surface area contributed by atoms with Gasteiger partial charge in [-0.05, 0) is 61.2 Å². The molecular formula is C30H34FN3O5S. The van der Waals surface area contributed by atoms with Crippen LogP contribution in [-0.2, 0) is 27.7 Å². The van der Waals surface area contributed by atoms with E-state index in [9.17, 15) is 22.4 Å². The third-order valence-corrected chi connectivity index (χ3v) is 8.30. The molecule has 0 fully saturated rings. The summed E-state index contributed by atoms with van der Waals surface area (Å²) in [7, 11) is -3.68. The Morgan fingerprint density at radius 1 is 0.975 bits per heavy atom. The van der Waals surface area contributed by atoms with Gasteiger partial charge in [0.2, 0.25) is 5.91 Å². The van der Waals surface area contributed by atoms with E-state index in [0.29, 0.717) is 37.6 Å². The fourth-order valence-corrected chi connectivity index (χ4v) is 5.60. The maximum atomic E-state index is 13.1. The van der Waals surface area contributed by atoms with Crippen LogP contribution in [0.2, 0.25) is 0 Å². The van der Waals surface area contributed by atoms with Gasteiger partial charge >= 0.3 is 0 Å². The van der Waals surface area contributed by atoms with Gasteiger partial charge in [-0.25, -0.2) is 12.8 Å². The molecule has 8 nitrogen and oxygen atoms in total. The highest BCUT2D eigenvalue weighted by atomic mass is 32.2. The van der Waals surface area contributed by atoms with Crippen LogP contribution in [0.1, 0.15) is 40.7 Å². The van der Waals surface area contributed by atoms with Crippen molar-refractivity contribution in [2.75, 3.05) is 32.0 Å². The van der Waals surface area contributed by atoms with Crippen molar-refractivity contribution >= 4 is 21.7 Å². The number of hydrogen-bond donors (Lipinski definition) is 2. The van der Waals surface area contributed by atoms with E-state index in [-0.39, 0.29) is 29.6 Å². The van der Waals surface area contributed by atoms with Crippen molar-refractivity contribution in [2.24, 2.45) is 0 Å². The van der Waals surface area contributed by atoms with Gasteiger partial charge in [0.25, 0.3) is 5.91 Å². The lowest BCUT2D eigenvalue weighted by molar-refractivity contribution is -0.122. The minimum atomic E-state index is -3.68. The number of rotatable bonds is 7. The monoisotopic (exact) mass is 567 g/mol. The Morgan fingerprint density at radius 3 is 2.52 bits per heavy atom. The highest BCUT2D eigenvalue weighted by Gasteiger charge is 2.19. The highest BCUT2D eigenvalue weighted by Crippen LogP contribution is 2.24. The molecule has 3 aromatic rings. The van der Waals surface area contributed by atoms with Gasteiger partial charge in [0.15, 0.2) is 9.84 Å². The molecule has 1 aliphatic heterocycles. The number of nitrogens with one attached hydrogen (secondary N) is 2. The molecule has 2 N–H and O–H groups in total. The number of sulfone groups is 1. The topological polar surface area (TPSA) is 105 Å². The van der Waals surface area contributed by atoms with Crippen LogP contribution in [0, 0.1) is 5.82 Å². The third-order valence-electron chi connectivity index (χ3n) is 6.57. The molecule has 0 unspecified atom stereocenters. The smallest absolute Gasteiger partial charge is 0.251 e. The summed E-state index contributed by atoms with van der Waals surface area (Å²) in [5.41, 5.74) is 2.27. The van der Waals surface area contributed by atoms with Gasteiger partial charge in [-0.2, -0.15) is 0 Å². The van der Waals surface area contributed by atoms with E-state index in [1.54, 1.807) is 12.1 Å². The molecule has 0 radical (unpaired) electrons. The highest BCUT2D eigenvalue weighted by molar-refractivity contribution is 7.91. The van der Waals surface area contributed by atoms with Crippen LogP contribution in [0.4, 0.5) is 4.39 Å². The largest absolute Gasteiger partial charge is 0.493 e. The second-order valence-corrected chi connectivity index (χ2v) is 11.9. The van der Waals surface area contributed by atoms with Crippen LogP contribution in [0.3, 0.4) is 0 Å². The van der Waals surface area contributed by atoms with E-state index in [2.05, 4.69) is 10.6 Å². The minimum Gasteiger partial charge on any atom is -0.493 e. The molecule has 0 spiro atoms. The molecule has 2 amide bonds. The van der Waals surface area contributed by atoms with Crippen LogP contribution < -0.4 is 15.4 Å². The quantitative estimate of drug-likeness (QED) is 0.422. The summed E-state index contributed by atoms with van der Waals surface area (Å²) in [6.07, 6.45) is 2.55. The maximum Gasteiger partial charge on any atom is 0.251 e. The zero-order valence-electron chi connectivity index (χ0n) is 22.3. The normalized spacial score (nSPS) is 15.4.